The van der Waals surface area contributed by atoms with Crippen LogP contribution < -0.4 is 10.1 Å². The summed E-state index contributed by atoms with van der Waals surface area (Å²) in [7, 11) is 1.53. The first-order valence-corrected chi connectivity index (χ1v) is 10.3. The summed E-state index contributed by atoms with van der Waals surface area (Å²) < 4.78 is 18.9. The summed E-state index contributed by atoms with van der Waals surface area (Å²) in [6, 6.07) is 17.9. The van der Waals surface area contributed by atoms with E-state index in [1.165, 1.54) is 31.4 Å². The molecule has 1 N–H and O–H groups in total. The van der Waals surface area contributed by atoms with Crippen molar-refractivity contribution in [2.75, 3.05) is 12.4 Å². The van der Waals surface area contributed by atoms with E-state index in [4.69, 9.17) is 16.3 Å². The molecule has 0 radical (unpaired) electrons. The third-order valence-corrected chi connectivity index (χ3v) is 5.42. The van der Waals surface area contributed by atoms with Crippen LogP contribution in [-0.2, 0) is 16.1 Å². The Kier molecular flexibility index (Phi) is 5.97. The maximum atomic E-state index is 13.5. The molecule has 0 spiro atoms. The number of benzene rings is 3. The minimum absolute atomic E-state index is 0.0790. The quantitative estimate of drug-likeness (QED) is 0.525. The lowest BCUT2D eigenvalue weighted by atomic mass is 10.0. The van der Waals surface area contributed by atoms with E-state index in [0.29, 0.717) is 22.0 Å². The largest absolute Gasteiger partial charge is 0.495 e. The number of ether oxygens (including phenoxy) is 1. The Balaban J connectivity index is 1.77. The van der Waals surface area contributed by atoms with Crippen molar-refractivity contribution in [2.45, 2.75) is 13.5 Å². The molecule has 1 aliphatic heterocycles. The fourth-order valence-electron chi connectivity index (χ4n) is 3.55. The highest BCUT2D eigenvalue weighted by atomic mass is 35.5. The van der Waals surface area contributed by atoms with Crippen molar-refractivity contribution in [1.29, 1.82) is 0 Å². The van der Waals surface area contributed by atoms with Crippen molar-refractivity contribution in [3.8, 4) is 5.75 Å². The Labute approximate surface area is 190 Å². The maximum Gasteiger partial charge on any atom is 0.278 e. The third-order valence-electron chi connectivity index (χ3n) is 5.17. The second kappa shape index (κ2) is 8.85. The zero-order valence-corrected chi connectivity index (χ0v) is 18.2. The highest BCUT2D eigenvalue weighted by Gasteiger charge is 2.39. The highest BCUT2D eigenvalue weighted by Crippen LogP contribution is 2.34. The van der Waals surface area contributed by atoms with Gasteiger partial charge in [-0.3, -0.25) is 14.5 Å². The van der Waals surface area contributed by atoms with Gasteiger partial charge in [-0.2, -0.15) is 0 Å². The van der Waals surface area contributed by atoms with Gasteiger partial charge in [0.25, 0.3) is 11.8 Å². The molecular formula is C25H20ClFN2O3. The van der Waals surface area contributed by atoms with Gasteiger partial charge in [0.05, 0.1) is 24.9 Å². The van der Waals surface area contributed by atoms with Gasteiger partial charge in [0.1, 0.15) is 17.3 Å². The van der Waals surface area contributed by atoms with Crippen LogP contribution in [-0.4, -0.2) is 23.8 Å². The number of rotatable bonds is 6. The number of carbonyl (C=O) groups excluding carboxylic acids is 2. The molecule has 2 amide bonds. The number of carbonyl (C=O) groups is 2. The molecule has 0 saturated heterocycles. The molecule has 0 aliphatic carbocycles. The molecule has 0 bridgehead atoms. The highest BCUT2D eigenvalue weighted by molar-refractivity contribution is 6.36. The van der Waals surface area contributed by atoms with Crippen molar-refractivity contribution in [3.63, 3.8) is 0 Å². The zero-order valence-electron chi connectivity index (χ0n) is 17.5. The van der Waals surface area contributed by atoms with E-state index in [0.717, 1.165) is 16.0 Å². The van der Waals surface area contributed by atoms with Crippen LogP contribution in [0.2, 0.25) is 5.02 Å². The second-order valence-corrected chi connectivity index (χ2v) is 7.84. The SMILES string of the molecule is COc1ccc(C)cc1NC1=C(c2ccc(F)cc2)C(=O)N(Cc2ccc(Cl)cc2)C1=O. The summed E-state index contributed by atoms with van der Waals surface area (Å²) in [6.45, 7) is 1.99. The van der Waals surface area contributed by atoms with Crippen LogP contribution in [0.15, 0.2) is 72.4 Å². The maximum absolute atomic E-state index is 13.5. The van der Waals surface area contributed by atoms with E-state index in [9.17, 15) is 14.0 Å². The summed E-state index contributed by atoms with van der Waals surface area (Å²) in [6.07, 6.45) is 0. The third kappa shape index (κ3) is 4.22. The fourth-order valence-corrected chi connectivity index (χ4v) is 3.67. The number of hydrogen-bond acceptors (Lipinski definition) is 4. The van der Waals surface area contributed by atoms with Crippen LogP contribution in [0.4, 0.5) is 10.1 Å². The molecular weight excluding hydrogens is 431 g/mol. The molecule has 162 valence electrons. The second-order valence-electron chi connectivity index (χ2n) is 7.41. The lowest BCUT2D eigenvalue weighted by molar-refractivity contribution is -0.137. The molecule has 3 aromatic carbocycles. The molecule has 0 unspecified atom stereocenters. The summed E-state index contributed by atoms with van der Waals surface area (Å²) >= 11 is 5.95. The molecule has 0 saturated carbocycles. The number of nitrogens with zero attached hydrogens (tertiary/aromatic N) is 1. The Morgan fingerprint density at radius 3 is 2.31 bits per heavy atom. The average molecular weight is 451 g/mol. The van der Waals surface area contributed by atoms with E-state index >= 15 is 0 Å². The van der Waals surface area contributed by atoms with Crippen LogP contribution in [0.5, 0.6) is 5.75 Å². The van der Waals surface area contributed by atoms with Crippen molar-refractivity contribution in [3.05, 3.63) is 100.0 Å². The molecule has 32 heavy (non-hydrogen) atoms. The van der Waals surface area contributed by atoms with Gasteiger partial charge in [-0.25, -0.2) is 4.39 Å². The summed E-state index contributed by atoms with van der Waals surface area (Å²) in [4.78, 5) is 27.9. The number of anilines is 1. The van der Waals surface area contributed by atoms with Crippen LogP contribution in [0.3, 0.4) is 0 Å². The molecule has 0 atom stereocenters. The summed E-state index contributed by atoms with van der Waals surface area (Å²) in [5.74, 6) is -0.851. The standard InChI is InChI=1S/C25H20ClFN2O3/c1-15-3-12-21(32-2)20(13-15)28-23-22(17-6-10-19(27)11-7-17)24(30)29(25(23)31)14-16-4-8-18(26)9-5-16/h3-13,28H,14H2,1-2H3. The van der Waals surface area contributed by atoms with Crippen molar-refractivity contribution in [1.82, 2.24) is 4.90 Å². The molecule has 3 aromatic rings. The first-order chi connectivity index (χ1) is 15.4. The Bertz CT molecular complexity index is 1220. The van der Waals surface area contributed by atoms with Gasteiger partial charge in [0.2, 0.25) is 0 Å². The first kappa shape index (κ1) is 21.6. The number of aryl methyl sites for hydroxylation is 1. The van der Waals surface area contributed by atoms with E-state index in [1.807, 2.05) is 19.1 Å². The minimum atomic E-state index is -0.479. The molecule has 1 aliphatic rings. The Morgan fingerprint density at radius 2 is 1.66 bits per heavy atom. The molecule has 1 heterocycles. The molecule has 7 heteroatoms. The fraction of sp³-hybridized carbons (Fsp3) is 0.120. The number of hydrogen-bond donors (Lipinski definition) is 1. The predicted octanol–water partition coefficient (Wildman–Crippen LogP) is 5.19. The van der Waals surface area contributed by atoms with E-state index in [1.54, 1.807) is 30.3 Å². The van der Waals surface area contributed by atoms with Crippen LogP contribution >= 0.6 is 11.6 Å². The van der Waals surface area contributed by atoms with Crippen molar-refractivity contribution in [2.24, 2.45) is 0 Å². The Morgan fingerprint density at radius 1 is 0.969 bits per heavy atom. The number of imide groups is 1. The summed E-state index contributed by atoms with van der Waals surface area (Å²) in [5.41, 5.74) is 2.98. The van der Waals surface area contributed by atoms with Crippen LogP contribution in [0, 0.1) is 12.7 Å². The monoisotopic (exact) mass is 450 g/mol. The van der Waals surface area contributed by atoms with Crippen LogP contribution in [0.25, 0.3) is 5.57 Å². The van der Waals surface area contributed by atoms with Gasteiger partial charge in [0, 0.05) is 5.02 Å². The van der Waals surface area contributed by atoms with E-state index in [-0.39, 0.29) is 17.8 Å². The van der Waals surface area contributed by atoms with Gasteiger partial charge in [0.15, 0.2) is 0 Å². The molecule has 0 aromatic heterocycles. The van der Waals surface area contributed by atoms with Crippen molar-refractivity contribution < 1.29 is 18.7 Å². The topological polar surface area (TPSA) is 58.6 Å². The Hall–Kier alpha value is -3.64. The zero-order chi connectivity index (χ0) is 22.8. The van der Waals surface area contributed by atoms with Gasteiger partial charge in [-0.15, -0.1) is 0 Å². The van der Waals surface area contributed by atoms with Gasteiger partial charge >= 0.3 is 0 Å². The lowest BCUT2D eigenvalue weighted by Crippen LogP contribution is -2.32. The minimum Gasteiger partial charge on any atom is -0.495 e. The molecule has 4 rings (SSSR count). The first-order valence-electron chi connectivity index (χ1n) is 9.90. The average Bonchev–Trinajstić information content (AvgIpc) is 3.00. The number of methoxy groups -OCH3 is 1. The lowest BCUT2D eigenvalue weighted by Gasteiger charge is -2.16. The van der Waals surface area contributed by atoms with E-state index < -0.39 is 17.6 Å². The summed E-state index contributed by atoms with van der Waals surface area (Å²) in [5, 5.41) is 3.66. The normalized spacial score (nSPS) is 13.7. The molecule has 5 nitrogen and oxygen atoms in total. The smallest absolute Gasteiger partial charge is 0.278 e. The van der Waals surface area contributed by atoms with Crippen LogP contribution in [0.1, 0.15) is 16.7 Å². The number of halogens is 2. The molecule has 0 fully saturated rings. The van der Waals surface area contributed by atoms with Gasteiger partial charge in [-0.1, -0.05) is 41.9 Å². The number of amides is 2. The van der Waals surface area contributed by atoms with Gasteiger partial charge in [-0.05, 0) is 60.0 Å². The van der Waals surface area contributed by atoms with E-state index in [2.05, 4.69) is 5.32 Å². The van der Waals surface area contributed by atoms with Crippen molar-refractivity contribution >= 4 is 34.7 Å². The predicted molar refractivity (Wildman–Crippen MR) is 122 cm³/mol. The number of nitrogens with one attached hydrogen (secondary N) is 1. The van der Waals surface area contributed by atoms with Gasteiger partial charge < -0.3 is 10.1 Å².